The number of hydrogen-bond donors (Lipinski definition) is 1. The Labute approximate surface area is 170 Å². The van der Waals surface area contributed by atoms with Crippen molar-refractivity contribution in [2.75, 3.05) is 32.8 Å². The molecule has 1 heterocycles. The van der Waals surface area contributed by atoms with Crippen molar-refractivity contribution in [2.24, 2.45) is 0 Å². The fraction of sp³-hybridized carbons (Fsp3) is 0.667. The lowest BCUT2D eigenvalue weighted by Crippen LogP contribution is -3.16. The third kappa shape index (κ3) is 7.23. The standard InChI is InChI=1S/C21H34N2O3.ClH/c1-5-23(19(4)16-26-20-12-7-6-10-17(20)2)21(24)25-15-14-22-13-9-8-11-18(22)3;/h6-7,10,12,18-19H,5,8-9,11,13-16H2,1-4H3;1H. The van der Waals surface area contributed by atoms with Gasteiger partial charge in [-0.1, -0.05) is 18.2 Å². The molecule has 5 nitrogen and oxygen atoms in total. The predicted molar refractivity (Wildman–Crippen MR) is 104 cm³/mol. The van der Waals surface area contributed by atoms with Gasteiger partial charge in [-0.05, 0) is 58.6 Å². The van der Waals surface area contributed by atoms with Crippen LogP contribution in [0.3, 0.4) is 0 Å². The van der Waals surface area contributed by atoms with Crippen molar-refractivity contribution in [3.05, 3.63) is 29.8 Å². The molecule has 0 spiro atoms. The van der Waals surface area contributed by atoms with E-state index >= 15 is 0 Å². The third-order valence-electron chi connectivity index (χ3n) is 5.41. The molecular weight excluding hydrogens is 364 g/mol. The summed E-state index contributed by atoms with van der Waals surface area (Å²) in [6.07, 6.45) is 3.64. The van der Waals surface area contributed by atoms with E-state index in [4.69, 9.17) is 9.47 Å². The van der Waals surface area contributed by atoms with Gasteiger partial charge in [0.15, 0.2) is 0 Å². The minimum atomic E-state index is -0.238. The Hall–Kier alpha value is -1.46. The van der Waals surface area contributed by atoms with E-state index in [9.17, 15) is 4.79 Å². The molecule has 1 aliphatic rings. The summed E-state index contributed by atoms with van der Waals surface area (Å²) in [5.41, 5.74) is 1.10. The van der Waals surface area contributed by atoms with Crippen LogP contribution >= 0.6 is 0 Å². The van der Waals surface area contributed by atoms with Crippen LogP contribution in [0.15, 0.2) is 24.3 Å². The second kappa shape index (κ2) is 12.1. The summed E-state index contributed by atoms with van der Waals surface area (Å²) >= 11 is 0. The predicted octanol–water partition coefficient (Wildman–Crippen LogP) is -0.318. The number of piperidine rings is 1. The molecule has 0 saturated carbocycles. The number of carbonyl (C=O) groups excluding carboxylic acids is 1. The van der Waals surface area contributed by atoms with Gasteiger partial charge in [0.1, 0.15) is 25.5 Å². The molecule has 1 aromatic carbocycles. The number of ether oxygens (including phenoxy) is 2. The van der Waals surface area contributed by atoms with Crippen LogP contribution in [0.4, 0.5) is 4.79 Å². The Morgan fingerprint density at radius 2 is 2.07 bits per heavy atom. The molecule has 1 fully saturated rings. The van der Waals surface area contributed by atoms with Gasteiger partial charge < -0.3 is 31.7 Å². The number of carbonyl (C=O) groups is 1. The number of aryl methyl sites for hydroxylation is 1. The Morgan fingerprint density at radius 1 is 1.33 bits per heavy atom. The van der Waals surface area contributed by atoms with Crippen molar-refractivity contribution in [1.29, 1.82) is 0 Å². The average Bonchev–Trinajstić information content (AvgIpc) is 2.63. The number of nitrogens with one attached hydrogen (secondary N) is 1. The maximum atomic E-state index is 12.5. The van der Waals surface area contributed by atoms with Gasteiger partial charge in [0.25, 0.3) is 0 Å². The number of quaternary nitrogens is 1. The number of halogens is 1. The van der Waals surface area contributed by atoms with E-state index in [2.05, 4.69) is 6.92 Å². The SMILES string of the molecule is CCN(C(=O)OCC[NH+]1CCCCC1C)C(C)COc1ccccc1C.[Cl-]. The van der Waals surface area contributed by atoms with Crippen molar-refractivity contribution in [1.82, 2.24) is 4.90 Å². The molecule has 0 radical (unpaired) electrons. The van der Waals surface area contributed by atoms with Gasteiger partial charge in [-0.15, -0.1) is 0 Å². The number of likely N-dealkylation sites (tertiary alicyclic amines) is 1. The number of rotatable bonds is 8. The number of amides is 1. The molecule has 0 aliphatic carbocycles. The normalized spacial score (nSPS) is 20.3. The molecule has 0 bridgehead atoms. The van der Waals surface area contributed by atoms with E-state index in [0.717, 1.165) is 17.9 Å². The van der Waals surface area contributed by atoms with Crippen LogP contribution in [-0.4, -0.2) is 55.9 Å². The van der Waals surface area contributed by atoms with Crippen LogP contribution in [0.5, 0.6) is 5.75 Å². The van der Waals surface area contributed by atoms with Crippen LogP contribution in [0.2, 0.25) is 0 Å². The highest BCUT2D eigenvalue weighted by Crippen LogP contribution is 2.17. The van der Waals surface area contributed by atoms with E-state index in [0.29, 0.717) is 25.8 Å². The maximum Gasteiger partial charge on any atom is 0.410 e. The zero-order valence-electron chi connectivity index (χ0n) is 17.2. The van der Waals surface area contributed by atoms with Crippen molar-refractivity contribution in [2.45, 2.75) is 59.0 Å². The molecule has 3 atom stereocenters. The summed E-state index contributed by atoms with van der Waals surface area (Å²) in [6.45, 7) is 11.9. The minimum absolute atomic E-state index is 0. The third-order valence-corrected chi connectivity index (χ3v) is 5.41. The number of nitrogens with zero attached hydrogens (tertiary/aromatic N) is 1. The first-order chi connectivity index (χ1) is 12.5. The van der Waals surface area contributed by atoms with E-state index in [1.54, 1.807) is 9.80 Å². The molecule has 1 N–H and O–H groups in total. The Bertz CT molecular complexity index is 570. The summed E-state index contributed by atoms with van der Waals surface area (Å²) in [4.78, 5) is 15.8. The van der Waals surface area contributed by atoms with E-state index in [-0.39, 0.29) is 24.5 Å². The van der Waals surface area contributed by atoms with Crippen molar-refractivity contribution >= 4 is 6.09 Å². The zero-order valence-corrected chi connectivity index (χ0v) is 17.9. The van der Waals surface area contributed by atoms with Crippen molar-refractivity contribution < 1.29 is 31.6 Å². The quantitative estimate of drug-likeness (QED) is 0.653. The fourth-order valence-corrected chi connectivity index (χ4v) is 3.62. The average molecular weight is 399 g/mol. The molecular formula is C21H35ClN2O3. The van der Waals surface area contributed by atoms with Gasteiger partial charge >= 0.3 is 6.09 Å². The molecule has 1 aliphatic heterocycles. The molecule has 0 aromatic heterocycles. The highest BCUT2D eigenvalue weighted by molar-refractivity contribution is 5.67. The number of hydrogen-bond acceptors (Lipinski definition) is 3. The van der Waals surface area contributed by atoms with Gasteiger partial charge in [-0.25, -0.2) is 4.79 Å². The van der Waals surface area contributed by atoms with Crippen LogP contribution < -0.4 is 22.0 Å². The minimum Gasteiger partial charge on any atom is -1.00 e. The van der Waals surface area contributed by atoms with Crippen LogP contribution in [0, 0.1) is 6.92 Å². The lowest BCUT2D eigenvalue weighted by molar-refractivity contribution is -0.928. The summed E-state index contributed by atoms with van der Waals surface area (Å²) in [7, 11) is 0. The van der Waals surface area contributed by atoms with Crippen LogP contribution in [-0.2, 0) is 4.74 Å². The second-order valence-electron chi connectivity index (χ2n) is 7.38. The number of para-hydroxylation sites is 1. The zero-order chi connectivity index (χ0) is 18.9. The van der Waals surface area contributed by atoms with Crippen molar-refractivity contribution in [3.63, 3.8) is 0 Å². The molecule has 154 valence electrons. The Morgan fingerprint density at radius 3 is 2.74 bits per heavy atom. The molecule has 1 aromatic rings. The summed E-state index contributed by atoms with van der Waals surface area (Å²) < 4.78 is 11.4. The molecule has 27 heavy (non-hydrogen) atoms. The number of benzene rings is 1. The Balaban J connectivity index is 0.00000364. The molecule has 1 saturated heterocycles. The van der Waals surface area contributed by atoms with E-state index in [1.807, 2.05) is 45.0 Å². The molecule has 2 rings (SSSR count). The van der Waals surface area contributed by atoms with Gasteiger partial charge in [0.2, 0.25) is 0 Å². The van der Waals surface area contributed by atoms with Gasteiger partial charge in [0, 0.05) is 6.54 Å². The first kappa shape index (κ1) is 23.6. The lowest BCUT2D eigenvalue weighted by Gasteiger charge is -2.31. The summed E-state index contributed by atoms with van der Waals surface area (Å²) in [5.74, 6) is 0.867. The van der Waals surface area contributed by atoms with Crippen molar-refractivity contribution in [3.8, 4) is 5.75 Å². The van der Waals surface area contributed by atoms with Gasteiger partial charge in [-0.2, -0.15) is 0 Å². The fourth-order valence-electron chi connectivity index (χ4n) is 3.62. The number of likely N-dealkylation sites (N-methyl/N-ethyl adjacent to an activating group) is 1. The van der Waals surface area contributed by atoms with Crippen LogP contribution in [0.1, 0.15) is 45.6 Å². The highest BCUT2D eigenvalue weighted by Gasteiger charge is 2.24. The molecule has 6 heteroatoms. The highest BCUT2D eigenvalue weighted by atomic mass is 35.5. The molecule has 1 amide bonds. The van der Waals surface area contributed by atoms with Crippen LogP contribution in [0.25, 0.3) is 0 Å². The van der Waals surface area contributed by atoms with Gasteiger partial charge in [-0.3, -0.25) is 0 Å². The van der Waals surface area contributed by atoms with Gasteiger partial charge in [0.05, 0.1) is 18.6 Å². The lowest BCUT2D eigenvalue weighted by atomic mass is 10.0. The molecule has 3 unspecified atom stereocenters. The monoisotopic (exact) mass is 398 g/mol. The maximum absolute atomic E-state index is 12.5. The second-order valence-corrected chi connectivity index (χ2v) is 7.38. The summed E-state index contributed by atoms with van der Waals surface area (Å²) in [5, 5.41) is 0. The van der Waals surface area contributed by atoms with E-state index in [1.165, 1.54) is 25.8 Å². The largest absolute Gasteiger partial charge is 1.00 e. The summed E-state index contributed by atoms with van der Waals surface area (Å²) in [6, 6.07) is 8.57. The smallest absolute Gasteiger partial charge is 0.410 e. The first-order valence-electron chi connectivity index (χ1n) is 9.99. The Kier molecular flexibility index (Phi) is 10.6. The topological polar surface area (TPSA) is 43.2 Å². The first-order valence-corrected chi connectivity index (χ1v) is 9.99. The van der Waals surface area contributed by atoms with E-state index < -0.39 is 0 Å².